The third-order valence-electron chi connectivity index (χ3n) is 4.05. The average Bonchev–Trinajstić information content (AvgIpc) is 2.70. The largest absolute Gasteiger partial charge is 0.383 e. The Bertz CT molecular complexity index is 770. The molecule has 1 aromatic carbocycles. The Kier molecular flexibility index (Phi) is 10.6. The van der Waals surface area contributed by atoms with E-state index in [9.17, 15) is 14.0 Å². The summed E-state index contributed by atoms with van der Waals surface area (Å²) in [7, 11) is 0. The molecule has 0 aliphatic carbocycles. The monoisotopic (exact) mass is 401 g/mol. The summed E-state index contributed by atoms with van der Waals surface area (Å²) in [6.45, 7) is 5.24. The summed E-state index contributed by atoms with van der Waals surface area (Å²) in [6.07, 6.45) is 6.91. The van der Waals surface area contributed by atoms with E-state index in [4.69, 9.17) is 11.1 Å². The topological polar surface area (TPSA) is 112 Å². The van der Waals surface area contributed by atoms with Gasteiger partial charge in [0.2, 0.25) is 12.8 Å². The predicted octanol–water partition coefficient (Wildman–Crippen LogP) is 2.24. The Labute approximate surface area is 170 Å². The lowest BCUT2D eigenvalue weighted by Crippen LogP contribution is -2.31. The van der Waals surface area contributed by atoms with Gasteiger partial charge in [-0.05, 0) is 53.8 Å². The third kappa shape index (κ3) is 8.96. The summed E-state index contributed by atoms with van der Waals surface area (Å²) in [5.74, 6) is -0.0108. The van der Waals surface area contributed by atoms with Crippen LogP contribution in [0.5, 0.6) is 0 Å². The highest BCUT2D eigenvalue weighted by Gasteiger charge is 2.10. The van der Waals surface area contributed by atoms with Crippen LogP contribution in [0.15, 0.2) is 53.2 Å². The molecule has 7 nitrogen and oxygen atoms in total. The van der Waals surface area contributed by atoms with E-state index < -0.39 is 0 Å². The summed E-state index contributed by atoms with van der Waals surface area (Å²) >= 11 is 0. The summed E-state index contributed by atoms with van der Waals surface area (Å²) in [5, 5.41) is 10.7. The summed E-state index contributed by atoms with van der Waals surface area (Å²) in [5.41, 5.74) is 7.60. The number of aliphatic imine (C=N–C) groups is 1. The van der Waals surface area contributed by atoms with Gasteiger partial charge in [-0.25, -0.2) is 9.38 Å². The molecule has 29 heavy (non-hydrogen) atoms. The Balaban J connectivity index is 2.71. The van der Waals surface area contributed by atoms with E-state index in [-0.39, 0.29) is 17.4 Å². The minimum absolute atomic E-state index is 0.0452. The highest BCUT2D eigenvalue weighted by molar-refractivity contribution is 6.12. The molecule has 0 aliphatic heterocycles. The SMILES string of the molecule is CC(C)C(=C/C(=N)c1ccc(F)cc1)/C(N)=N/C=C/CCN(C=O)CCNC=O. The van der Waals surface area contributed by atoms with E-state index >= 15 is 0 Å². The summed E-state index contributed by atoms with van der Waals surface area (Å²) < 4.78 is 13.0. The molecular formula is C21H28FN5O2. The van der Waals surface area contributed by atoms with Crippen molar-refractivity contribution in [2.45, 2.75) is 20.3 Å². The Morgan fingerprint density at radius 1 is 1.28 bits per heavy atom. The van der Waals surface area contributed by atoms with Crippen LogP contribution in [0.2, 0.25) is 0 Å². The standard InChI is InChI=1S/C21H28FN5O2/c1-16(2)19(13-20(23)17-5-7-18(22)8-6-17)21(24)26-9-3-4-11-27(15-29)12-10-25-14-28/h3,5-9,13-16,23H,4,10-12H2,1-2H3,(H2,24,26)(H,25,28)/b9-3+,19-13-,23-20?. The van der Waals surface area contributed by atoms with Crippen LogP contribution in [-0.4, -0.2) is 48.9 Å². The second kappa shape index (κ2) is 13.0. The molecule has 0 unspecified atom stereocenters. The van der Waals surface area contributed by atoms with Crippen molar-refractivity contribution in [1.82, 2.24) is 10.2 Å². The number of rotatable bonds is 13. The highest BCUT2D eigenvalue weighted by atomic mass is 19.1. The first-order valence-corrected chi connectivity index (χ1v) is 9.30. The molecule has 1 aromatic rings. The molecule has 1 rings (SSSR count). The third-order valence-corrected chi connectivity index (χ3v) is 4.05. The molecule has 0 saturated heterocycles. The van der Waals surface area contributed by atoms with Crippen LogP contribution in [0.4, 0.5) is 4.39 Å². The lowest BCUT2D eigenvalue weighted by Gasteiger charge is -2.15. The fourth-order valence-corrected chi connectivity index (χ4v) is 2.41. The van der Waals surface area contributed by atoms with Crippen LogP contribution >= 0.6 is 0 Å². The Morgan fingerprint density at radius 3 is 2.55 bits per heavy atom. The normalized spacial score (nSPS) is 12.3. The maximum absolute atomic E-state index is 13.0. The molecule has 2 amide bonds. The van der Waals surface area contributed by atoms with Gasteiger partial charge < -0.3 is 21.4 Å². The van der Waals surface area contributed by atoms with Gasteiger partial charge in [-0.15, -0.1) is 0 Å². The van der Waals surface area contributed by atoms with Crippen LogP contribution in [0.3, 0.4) is 0 Å². The number of benzene rings is 1. The molecule has 0 spiro atoms. The number of halogens is 1. The van der Waals surface area contributed by atoms with Crippen LogP contribution < -0.4 is 11.1 Å². The molecule has 0 fully saturated rings. The van der Waals surface area contributed by atoms with Gasteiger partial charge in [0.1, 0.15) is 11.7 Å². The van der Waals surface area contributed by atoms with Crippen LogP contribution in [0.1, 0.15) is 25.8 Å². The molecule has 0 saturated carbocycles. The van der Waals surface area contributed by atoms with Gasteiger partial charge in [0.15, 0.2) is 0 Å². The number of nitrogens with two attached hydrogens (primary N) is 1. The number of allylic oxidation sites excluding steroid dienone is 1. The minimum Gasteiger partial charge on any atom is -0.383 e. The quantitative estimate of drug-likeness (QED) is 0.204. The van der Waals surface area contributed by atoms with Crippen molar-refractivity contribution in [3.05, 3.63) is 59.6 Å². The molecule has 0 atom stereocenters. The molecule has 8 heteroatoms. The van der Waals surface area contributed by atoms with Gasteiger partial charge in [0.05, 0.1) is 5.71 Å². The van der Waals surface area contributed by atoms with Crippen LogP contribution in [0.25, 0.3) is 0 Å². The average molecular weight is 401 g/mol. The second-order valence-electron chi connectivity index (χ2n) is 6.58. The maximum atomic E-state index is 13.0. The van der Waals surface area contributed by atoms with Gasteiger partial charge in [-0.3, -0.25) is 9.59 Å². The van der Waals surface area contributed by atoms with Crippen molar-refractivity contribution in [3.63, 3.8) is 0 Å². The first-order chi connectivity index (χ1) is 13.9. The summed E-state index contributed by atoms with van der Waals surface area (Å²) in [6, 6.07) is 5.71. The van der Waals surface area contributed by atoms with E-state index in [2.05, 4.69) is 10.3 Å². The Morgan fingerprint density at radius 2 is 1.97 bits per heavy atom. The van der Waals surface area contributed by atoms with E-state index in [1.807, 2.05) is 13.8 Å². The molecule has 156 valence electrons. The number of nitrogens with one attached hydrogen (secondary N) is 2. The Hall–Kier alpha value is -3.29. The molecule has 0 aliphatic rings. The number of hydrogen-bond acceptors (Lipinski definition) is 4. The van der Waals surface area contributed by atoms with E-state index in [0.717, 1.165) is 6.41 Å². The number of carbonyl (C=O) groups excluding carboxylic acids is 2. The van der Waals surface area contributed by atoms with Gasteiger partial charge in [-0.1, -0.05) is 19.9 Å². The first-order valence-electron chi connectivity index (χ1n) is 9.30. The van der Waals surface area contributed by atoms with Gasteiger partial charge in [0.25, 0.3) is 0 Å². The molecular weight excluding hydrogens is 373 g/mol. The van der Waals surface area contributed by atoms with E-state index in [0.29, 0.717) is 49.4 Å². The number of carbonyl (C=O) groups is 2. The highest BCUT2D eigenvalue weighted by Crippen LogP contribution is 2.13. The zero-order chi connectivity index (χ0) is 21.6. The lowest BCUT2D eigenvalue weighted by molar-refractivity contribution is -0.118. The van der Waals surface area contributed by atoms with Crippen molar-refractivity contribution in [2.24, 2.45) is 16.6 Å². The van der Waals surface area contributed by atoms with Crippen molar-refractivity contribution in [3.8, 4) is 0 Å². The van der Waals surface area contributed by atoms with Crippen molar-refractivity contribution >= 4 is 24.4 Å². The fraction of sp³-hybridized carbons (Fsp3) is 0.333. The maximum Gasteiger partial charge on any atom is 0.209 e. The zero-order valence-corrected chi connectivity index (χ0v) is 16.8. The van der Waals surface area contributed by atoms with Crippen molar-refractivity contribution in [2.75, 3.05) is 19.6 Å². The molecule has 0 bridgehead atoms. The first kappa shape index (κ1) is 23.7. The van der Waals surface area contributed by atoms with Crippen LogP contribution in [0, 0.1) is 17.1 Å². The number of hydrogen-bond donors (Lipinski definition) is 3. The zero-order valence-electron chi connectivity index (χ0n) is 16.8. The molecule has 0 heterocycles. The van der Waals surface area contributed by atoms with Gasteiger partial charge in [0, 0.05) is 25.8 Å². The van der Waals surface area contributed by atoms with E-state index in [1.54, 1.807) is 35.4 Å². The smallest absolute Gasteiger partial charge is 0.209 e. The number of amidine groups is 1. The van der Waals surface area contributed by atoms with Crippen molar-refractivity contribution in [1.29, 1.82) is 5.41 Å². The van der Waals surface area contributed by atoms with Gasteiger partial charge in [-0.2, -0.15) is 0 Å². The lowest BCUT2D eigenvalue weighted by atomic mass is 9.98. The molecule has 4 N–H and O–H groups in total. The van der Waals surface area contributed by atoms with Crippen molar-refractivity contribution < 1.29 is 14.0 Å². The predicted molar refractivity (Wildman–Crippen MR) is 113 cm³/mol. The fourth-order valence-electron chi connectivity index (χ4n) is 2.41. The van der Waals surface area contributed by atoms with Crippen LogP contribution in [-0.2, 0) is 9.59 Å². The number of amides is 2. The van der Waals surface area contributed by atoms with E-state index in [1.165, 1.54) is 12.1 Å². The summed E-state index contributed by atoms with van der Waals surface area (Å²) in [4.78, 5) is 27.0. The minimum atomic E-state index is -0.353. The second-order valence-corrected chi connectivity index (χ2v) is 6.58. The molecule has 0 radical (unpaired) electrons. The molecule has 0 aromatic heterocycles. The van der Waals surface area contributed by atoms with Gasteiger partial charge >= 0.3 is 0 Å². The number of nitrogens with zero attached hydrogens (tertiary/aromatic N) is 2.